The number of nitrogens with zero attached hydrogens (tertiary/aromatic N) is 2. The van der Waals surface area contributed by atoms with Crippen molar-refractivity contribution in [2.45, 2.75) is 44.9 Å². The van der Waals surface area contributed by atoms with Gasteiger partial charge in [-0.05, 0) is 44.0 Å². The molecule has 1 aromatic heterocycles. The molecule has 0 N–H and O–H groups in total. The van der Waals surface area contributed by atoms with Crippen LogP contribution in [-0.2, 0) is 12.3 Å². The van der Waals surface area contributed by atoms with Gasteiger partial charge in [0.05, 0.1) is 0 Å². The first-order valence-electron chi connectivity index (χ1n) is 7.72. The second kappa shape index (κ2) is 8.48. The highest BCUT2D eigenvalue weighted by Gasteiger charge is 2.10. The third-order valence-electron chi connectivity index (χ3n) is 3.68. The molecule has 20 heavy (non-hydrogen) atoms. The van der Waals surface area contributed by atoms with E-state index >= 15 is 0 Å². The lowest BCUT2D eigenvalue weighted by Gasteiger charge is -2.26. The monoisotopic (exact) mass is 296 g/mol. The topological polar surface area (TPSA) is 25.4 Å². The summed E-state index contributed by atoms with van der Waals surface area (Å²) in [6.45, 7) is 6.28. The summed E-state index contributed by atoms with van der Waals surface area (Å²) in [5.74, 6) is 1.24. The highest BCUT2D eigenvalue weighted by Crippen LogP contribution is 2.16. The Morgan fingerprint density at radius 1 is 1.25 bits per heavy atom. The van der Waals surface area contributed by atoms with E-state index in [4.69, 9.17) is 16.3 Å². The maximum atomic E-state index is 5.94. The minimum atomic E-state index is 0.516. The number of aryl methyl sites for hydroxylation is 1. The van der Waals surface area contributed by atoms with Gasteiger partial charge < -0.3 is 4.74 Å². The molecule has 1 aliphatic heterocycles. The summed E-state index contributed by atoms with van der Waals surface area (Å²) < 4.78 is 5.83. The zero-order valence-electron chi connectivity index (χ0n) is 12.4. The summed E-state index contributed by atoms with van der Waals surface area (Å²) in [6.07, 6.45) is 6.08. The maximum Gasteiger partial charge on any atom is 0.213 e. The number of hydrogen-bond donors (Lipinski definition) is 0. The average Bonchev–Trinajstić information content (AvgIpc) is 2.48. The molecular formula is C16H25ClN2O. The number of pyridine rings is 1. The van der Waals surface area contributed by atoms with Crippen LogP contribution in [0.25, 0.3) is 0 Å². The molecule has 0 aliphatic carbocycles. The van der Waals surface area contributed by atoms with Crippen molar-refractivity contribution in [3.05, 3.63) is 23.4 Å². The molecule has 1 aliphatic rings. The first-order valence-corrected chi connectivity index (χ1v) is 8.26. The van der Waals surface area contributed by atoms with Crippen molar-refractivity contribution in [1.82, 2.24) is 9.88 Å². The molecule has 1 fully saturated rings. The van der Waals surface area contributed by atoms with Crippen molar-refractivity contribution >= 4 is 11.6 Å². The van der Waals surface area contributed by atoms with E-state index in [1.54, 1.807) is 0 Å². The third kappa shape index (κ3) is 4.95. The zero-order chi connectivity index (χ0) is 14.2. The molecule has 0 saturated carbocycles. The highest BCUT2D eigenvalue weighted by atomic mass is 35.5. The number of rotatable bonds is 7. The molecule has 3 nitrogen and oxygen atoms in total. The predicted octanol–water partition coefficient (Wildman–Crippen LogP) is 3.64. The Balaban J connectivity index is 1.85. The lowest BCUT2D eigenvalue weighted by Crippen LogP contribution is -2.33. The largest absolute Gasteiger partial charge is 0.476 e. The van der Waals surface area contributed by atoms with Gasteiger partial charge in [0.25, 0.3) is 0 Å². The van der Waals surface area contributed by atoms with Crippen molar-refractivity contribution in [2.75, 3.05) is 26.2 Å². The van der Waals surface area contributed by atoms with E-state index in [0.29, 0.717) is 12.5 Å². The second-order valence-corrected chi connectivity index (χ2v) is 5.71. The summed E-state index contributed by atoms with van der Waals surface area (Å²) in [5.41, 5.74) is 2.18. The van der Waals surface area contributed by atoms with Gasteiger partial charge in [0.2, 0.25) is 5.88 Å². The Labute approximate surface area is 127 Å². The number of aromatic nitrogens is 1. The normalized spacial score (nSPS) is 16.3. The molecule has 0 aromatic carbocycles. The molecule has 0 amide bonds. The third-order valence-corrected chi connectivity index (χ3v) is 3.99. The standard InChI is InChI=1S/C16H25ClN2O/c1-2-6-15-11-14(13-17)12-16(18-15)20-10-9-19-7-4-3-5-8-19/h11-12H,2-10,13H2,1H3. The molecule has 0 unspecified atom stereocenters. The van der Waals surface area contributed by atoms with Crippen LogP contribution in [0.4, 0.5) is 0 Å². The van der Waals surface area contributed by atoms with Crippen LogP contribution in [0, 0.1) is 0 Å². The van der Waals surface area contributed by atoms with Gasteiger partial charge >= 0.3 is 0 Å². The Hall–Kier alpha value is -0.800. The van der Waals surface area contributed by atoms with Crippen LogP contribution in [0.5, 0.6) is 5.88 Å². The number of ether oxygens (including phenoxy) is 1. The van der Waals surface area contributed by atoms with E-state index in [1.807, 2.05) is 6.07 Å². The quantitative estimate of drug-likeness (QED) is 0.718. The average molecular weight is 297 g/mol. The Kier molecular flexibility index (Phi) is 6.61. The summed E-state index contributed by atoms with van der Waals surface area (Å²) in [7, 11) is 0. The van der Waals surface area contributed by atoms with Gasteiger partial charge in [0.1, 0.15) is 6.61 Å². The molecule has 2 rings (SSSR count). The minimum absolute atomic E-state index is 0.516. The van der Waals surface area contributed by atoms with Crippen LogP contribution in [0.15, 0.2) is 12.1 Å². The molecule has 4 heteroatoms. The van der Waals surface area contributed by atoms with Gasteiger partial charge in [-0.15, -0.1) is 11.6 Å². The van der Waals surface area contributed by atoms with E-state index in [-0.39, 0.29) is 0 Å². The Morgan fingerprint density at radius 2 is 2.05 bits per heavy atom. The zero-order valence-corrected chi connectivity index (χ0v) is 13.2. The van der Waals surface area contributed by atoms with Gasteiger partial charge in [-0.1, -0.05) is 19.8 Å². The number of alkyl halides is 1. The van der Waals surface area contributed by atoms with Crippen LogP contribution in [0.3, 0.4) is 0 Å². The van der Waals surface area contributed by atoms with Crippen LogP contribution in [0.1, 0.15) is 43.9 Å². The number of piperidine rings is 1. The highest BCUT2D eigenvalue weighted by molar-refractivity contribution is 6.17. The van der Waals surface area contributed by atoms with Crippen LogP contribution < -0.4 is 4.74 Å². The van der Waals surface area contributed by atoms with Gasteiger partial charge in [-0.3, -0.25) is 4.90 Å². The summed E-state index contributed by atoms with van der Waals surface area (Å²) in [4.78, 5) is 7.03. The SMILES string of the molecule is CCCc1cc(CCl)cc(OCCN2CCCCC2)n1. The molecule has 1 saturated heterocycles. The van der Waals surface area contributed by atoms with Crippen molar-refractivity contribution < 1.29 is 4.74 Å². The summed E-state index contributed by atoms with van der Waals surface area (Å²) >= 11 is 5.94. The fraction of sp³-hybridized carbons (Fsp3) is 0.688. The molecular weight excluding hydrogens is 272 g/mol. The predicted molar refractivity (Wildman–Crippen MR) is 83.6 cm³/mol. The van der Waals surface area contributed by atoms with Gasteiger partial charge in [-0.25, -0.2) is 4.98 Å². The number of halogens is 1. The van der Waals surface area contributed by atoms with Crippen LogP contribution in [-0.4, -0.2) is 36.1 Å². The van der Waals surface area contributed by atoms with E-state index in [1.165, 1.54) is 32.4 Å². The van der Waals surface area contributed by atoms with E-state index < -0.39 is 0 Å². The molecule has 112 valence electrons. The maximum absolute atomic E-state index is 5.94. The fourth-order valence-corrected chi connectivity index (χ4v) is 2.77. The smallest absolute Gasteiger partial charge is 0.213 e. The molecule has 1 aromatic rings. The molecule has 2 heterocycles. The van der Waals surface area contributed by atoms with Crippen LogP contribution in [0.2, 0.25) is 0 Å². The van der Waals surface area contributed by atoms with Crippen molar-refractivity contribution in [1.29, 1.82) is 0 Å². The van der Waals surface area contributed by atoms with Crippen molar-refractivity contribution in [2.24, 2.45) is 0 Å². The van der Waals surface area contributed by atoms with E-state index in [9.17, 15) is 0 Å². The van der Waals surface area contributed by atoms with Crippen molar-refractivity contribution in [3.63, 3.8) is 0 Å². The number of likely N-dealkylation sites (tertiary alicyclic amines) is 1. The molecule has 0 atom stereocenters. The summed E-state index contributed by atoms with van der Waals surface area (Å²) in [5, 5.41) is 0. The minimum Gasteiger partial charge on any atom is -0.476 e. The summed E-state index contributed by atoms with van der Waals surface area (Å²) in [6, 6.07) is 4.04. The Bertz CT molecular complexity index is 405. The molecule has 0 radical (unpaired) electrons. The Morgan fingerprint density at radius 3 is 2.75 bits per heavy atom. The lowest BCUT2D eigenvalue weighted by molar-refractivity contribution is 0.180. The van der Waals surface area contributed by atoms with E-state index in [2.05, 4.69) is 22.9 Å². The van der Waals surface area contributed by atoms with Gasteiger partial charge in [0.15, 0.2) is 0 Å². The van der Waals surface area contributed by atoms with Gasteiger partial charge in [-0.2, -0.15) is 0 Å². The van der Waals surface area contributed by atoms with E-state index in [0.717, 1.165) is 36.5 Å². The van der Waals surface area contributed by atoms with Gasteiger partial charge in [0, 0.05) is 24.2 Å². The molecule has 0 bridgehead atoms. The first kappa shape index (κ1) is 15.6. The van der Waals surface area contributed by atoms with Crippen molar-refractivity contribution in [3.8, 4) is 5.88 Å². The lowest BCUT2D eigenvalue weighted by atomic mass is 10.1. The number of hydrogen-bond acceptors (Lipinski definition) is 3. The fourth-order valence-electron chi connectivity index (χ4n) is 2.62. The van der Waals surface area contributed by atoms with Crippen LogP contribution >= 0.6 is 11.6 Å². The second-order valence-electron chi connectivity index (χ2n) is 5.44. The molecule has 0 spiro atoms. The first-order chi connectivity index (χ1) is 9.81.